The second kappa shape index (κ2) is 8.61. The predicted octanol–water partition coefficient (Wildman–Crippen LogP) is 1.17. The number of rotatable bonds is 5. The smallest absolute Gasteiger partial charge is 0.318 e. The summed E-state index contributed by atoms with van der Waals surface area (Å²) in [4.78, 5) is 33.3. The van der Waals surface area contributed by atoms with Crippen molar-refractivity contribution in [2.24, 2.45) is 7.05 Å². The first-order valence-electron chi connectivity index (χ1n) is 8.01. The van der Waals surface area contributed by atoms with Crippen LogP contribution in [0.2, 0.25) is 0 Å². The third kappa shape index (κ3) is 4.48. The Labute approximate surface area is 157 Å². The van der Waals surface area contributed by atoms with Crippen molar-refractivity contribution in [3.05, 3.63) is 29.7 Å². The minimum atomic E-state index is -0.00139. The zero-order chi connectivity index (χ0) is 17.8. The Bertz CT molecular complexity index is 773. The van der Waals surface area contributed by atoms with E-state index < -0.39 is 0 Å². The number of carbonyl (C=O) groups excluding carboxylic acids is 2. The number of methoxy groups -OCH3 is 1. The Morgan fingerprint density at radius 1 is 1.35 bits per heavy atom. The van der Waals surface area contributed by atoms with Gasteiger partial charge in [-0.3, -0.25) is 14.3 Å². The molecule has 0 unspecified atom stereocenters. The highest BCUT2D eigenvalue weighted by Gasteiger charge is 2.24. The first-order valence-corrected chi connectivity index (χ1v) is 8.01. The van der Waals surface area contributed by atoms with Crippen LogP contribution in [-0.4, -0.2) is 63.1 Å². The van der Waals surface area contributed by atoms with E-state index in [1.165, 1.54) is 7.11 Å². The largest absolute Gasteiger partial charge is 0.467 e. The fraction of sp³-hybridized carbons (Fsp3) is 0.438. The second-order valence-electron chi connectivity index (χ2n) is 5.90. The number of likely N-dealkylation sites (tertiary alicyclic amines) is 1. The molecule has 0 bridgehead atoms. The van der Waals surface area contributed by atoms with E-state index in [1.54, 1.807) is 30.2 Å². The molecular formula is C16H21ClN6O3. The van der Waals surface area contributed by atoms with Crippen molar-refractivity contribution in [3.63, 3.8) is 0 Å². The molecule has 0 aliphatic carbocycles. The van der Waals surface area contributed by atoms with Crippen molar-refractivity contribution in [1.82, 2.24) is 24.6 Å². The fourth-order valence-corrected chi connectivity index (χ4v) is 2.82. The number of piperidine rings is 1. The molecule has 1 amide bonds. The molecule has 2 aromatic rings. The molecule has 0 spiro atoms. The summed E-state index contributed by atoms with van der Waals surface area (Å²) in [7, 11) is 3.24. The highest BCUT2D eigenvalue weighted by atomic mass is 35.5. The topological polar surface area (TPSA) is 102 Å². The van der Waals surface area contributed by atoms with Crippen LogP contribution < -0.4 is 10.1 Å². The van der Waals surface area contributed by atoms with Gasteiger partial charge in [-0.1, -0.05) is 0 Å². The van der Waals surface area contributed by atoms with Crippen molar-refractivity contribution in [1.29, 1.82) is 0 Å². The Morgan fingerprint density at radius 2 is 2.08 bits per heavy atom. The first-order chi connectivity index (χ1) is 12.1. The summed E-state index contributed by atoms with van der Waals surface area (Å²) in [5.41, 5.74) is 0.864. The number of halogens is 1. The number of nitrogens with one attached hydrogen (secondary N) is 1. The zero-order valence-corrected chi connectivity index (χ0v) is 15.4. The van der Waals surface area contributed by atoms with Crippen LogP contribution in [-0.2, 0) is 7.05 Å². The molecule has 0 radical (unpaired) electrons. The third-order valence-electron chi connectivity index (χ3n) is 4.11. The fourth-order valence-electron chi connectivity index (χ4n) is 2.82. The molecule has 1 fully saturated rings. The van der Waals surface area contributed by atoms with Crippen LogP contribution in [0.5, 0.6) is 6.01 Å². The van der Waals surface area contributed by atoms with Gasteiger partial charge in [0.2, 0.25) is 0 Å². The van der Waals surface area contributed by atoms with Crippen molar-refractivity contribution in [2.45, 2.75) is 18.9 Å². The van der Waals surface area contributed by atoms with E-state index in [1.807, 2.05) is 4.90 Å². The number of carbonyl (C=O) groups is 2. The predicted molar refractivity (Wildman–Crippen MR) is 97.0 cm³/mol. The lowest BCUT2D eigenvalue weighted by molar-refractivity contribution is 0.0718. The van der Waals surface area contributed by atoms with Crippen LogP contribution in [0, 0.1) is 0 Å². The lowest BCUT2D eigenvalue weighted by Crippen LogP contribution is -2.42. The molecule has 0 aromatic carbocycles. The minimum absolute atomic E-state index is 0. The molecule has 9 nitrogen and oxygen atoms in total. The molecule has 10 heteroatoms. The van der Waals surface area contributed by atoms with Crippen molar-refractivity contribution in [2.75, 3.05) is 25.5 Å². The Balaban J connectivity index is 0.00000243. The molecule has 1 aliphatic heterocycles. The van der Waals surface area contributed by atoms with E-state index >= 15 is 0 Å². The third-order valence-corrected chi connectivity index (χ3v) is 4.11. The van der Waals surface area contributed by atoms with Gasteiger partial charge in [0.05, 0.1) is 18.9 Å². The van der Waals surface area contributed by atoms with Crippen LogP contribution in [0.4, 0.5) is 5.82 Å². The van der Waals surface area contributed by atoms with E-state index in [9.17, 15) is 9.59 Å². The Hall–Kier alpha value is -2.68. The van der Waals surface area contributed by atoms with E-state index in [4.69, 9.17) is 4.74 Å². The molecule has 1 saturated heterocycles. The average molecular weight is 381 g/mol. The number of ether oxygens (including phenoxy) is 1. The van der Waals surface area contributed by atoms with Crippen molar-refractivity contribution < 1.29 is 14.3 Å². The quantitative estimate of drug-likeness (QED) is 0.776. The number of amides is 1. The number of aldehydes is 1. The van der Waals surface area contributed by atoms with Gasteiger partial charge >= 0.3 is 6.01 Å². The van der Waals surface area contributed by atoms with Crippen LogP contribution in [0.3, 0.4) is 0 Å². The number of hydrogen-bond acceptors (Lipinski definition) is 7. The van der Waals surface area contributed by atoms with Gasteiger partial charge in [0, 0.05) is 38.4 Å². The van der Waals surface area contributed by atoms with Crippen LogP contribution in [0.15, 0.2) is 18.5 Å². The van der Waals surface area contributed by atoms with Crippen LogP contribution in [0.1, 0.15) is 33.7 Å². The molecule has 1 N–H and O–H groups in total. The number of nitrogens with zero attached hydrogens (tertiary/aromatic N) is 5. The van der Waals surface area contributed by atoms with Gasteiger partial charge in [0.1, 0.15) is 11.5 Å². The highest BCUT2D eigenvalue weighted by molar-refractivity contribution is 5.93. The standard InChI is InChI=1S/C16H20N6O3.ClH/c1-21-9-11(8-17-21)15(24)22-5-3-12(4-6-22)18-14-7-13(10-23)19-16(20-14)25-2;/h7-10,12H,3-6H2,1-2H3,(H,18,19,20);1H. The van der Waals surface area contributed by atoms with Gasteiger partial charge in [-0.25, -0.2) is 0 Å². The molecule has 3 heterocycles. The summed E-state index contributed by atoms with van der Waals surface area (Å²) >= 11 is 0. The van der Waals surface area contributed by atoms with Gasteiger partial charge in [-0.15, -0.1) is 12.4 Å². The zero-order valence-electron chi connectivity index (χ0n) is 14.6. The number of anilines is 1. The summed E-state index contributed by atoms with van der Waals surface area (Å²) in [6.45, 7) is 1.29. The van der Waals surface area contributed by atoms with E-state index in [0.717, 1.165) is 12.8 Å². The summed E-state index contributed by atoms with van der Waals surface area (Å²) < 4.78 is 6.62. The molecule has 0 atom stereocenters. The van der Waals surface area contributed by atoms with Gasteiger partial charge < -0.3 is 15.0 Å². The molecule has 140 valence electrons. The molecule has 2 aromatic heterocycles. The van der Waals surface area contributed by atoms with Gasteiger partial charge in [-0.05, 0) is 12.8 Å². The second-order valence-corrected chi connectivity index (χ2v) is 5.90. The lowest BCUT2D eigenvalue weighted by Gasteiger charge is -2.32. The summed E-state index contributed by atoms with van der Waals surface area (Å²) in [6.07, 6.45) is 5.54. The van der Waals surface area contributed by atoms with Crippen LogP contribution >= 0.6 is 12.4 Å². The Kier molecular flexibility index (Phi) is 6.51. The summed E-state index contributed by atoms with van der Waals surface area (Å²) in [5.74, 6) is 0.546. The van der Waals surface area contributed by atoms with Crippen molar-refractivity contribution in [3.8, 4) is 6.01 Å². The maximum absolute atomic E-state index is 12.4. The monoisotopic (exact) mass is 380 g/mol. The molecule has 3 rings (SSSR count). The van der Waals surface area contributed by atoms with Gasteiger partial charge in [0.25, 0.3) is 5.91 Å². The highest BCUT2D eigenvalue weighted by Crippen LogP contribution is 2.18. The maximum Gasteiger partial charge on any atom is 0.318 e. The molecular weight excluding hydrogens is 360 g/mol. The lowest BCUT2D eigenvalue weighted by atomic mass is 10.0. The van der Waals surface area contributed by atoms with Crippen molar-refractivity contribution >= 4 is 30.4 Å². The van der Waals surface area contributed by atoms with E-state index in [0.29, 0.717) is 30.8 Å². The number of aryl methyl sites for hydroxylation is 1. The first kappa shape index (κ1) is 19.6. The minimum Gasteiger partial charge on any atom is -0.467 e. The summed E-state index contributed by atoms with van der Waals surface area (Å²) in [6, 6.07) is 1.90. The number of hydrogen-bond donors (Lipinski definition) is 1. The molecule has 26 heavy (non-hydrogen) atoms. The average Bonchev–Trinajstić information content (AvgIpc) is 3.07. The van der Waals surface area contributed by atoms with Gasteiger partial charge in [0.15, 0.2) is 6.29 Å². The Morgan fingerprint density at radius 3 is 2.65 bits per heavy atom. The molecule has 1 aliphatic rings. The van der Waals surface area contributed by atoms with E-state index in [-0.39, 0.29) is 36.1 Å². The number of aromatic nitrogens is 4. The molecule has 0 saturated carbocycles. The van der Waals surface area contributed by atoms with Gasteiger partial charge in [-0.2, -0.15) is 15.1 Å². The van der Waals surface area contributed by atoms with E-state index in [2.05, 4.69) is 20.4 Å². The normalized spacial score (nSPS) is 14.5. The summed E-state index contributed by atoms with van der Waals surface area (Å²) in [5, 5.41) is 7.33. The van der Waals surface area contributed by atoms with Crippen LogP contribution in [0.25, 0.3) is 0 Å². The SMILES string of the molecule is COc1nc(C=O)cc(NC2CCN(C(=O)c3cnn(C)c3)CC2)n1.Cl. The maximum atomic E-state index is 12.4.